The first-order valence-electron chi connectivity index (χ1n) is 8.03. The zero-order valence-electron chi connectivity index (χ0n) is 13.8. The van der Waals surface area contributed by atoms with Crippen LogP contribution in [0, 0.1) is 0 Å². The molecule has 0 aliphatic carbocycles. The van der Waals surface area contributed by atoms with Gasteiger partial charge in [-0.05, 0) is 30.3 Å². The van der Waals surface area contributed by atoms with Crippen LogP contribution >= 0.6 is 23.1 Å². The molecule has 5 heterocycles. The average Bonchev–Trinajstić information content (AvgIpc) is 3.11. The van der Waals surface area contributed by atoms with Crippen LogP contribution in [0.15, 0.2) is 71.2 Å². The summed E-state index contributed by atoms with van der Waals surface area (Å²) in [4.78, 5) is 28.2. The molecule has 5 aromatic rings. The number of pyridine rings is 3. The molecule has 0 aromatic carbocycles. The van der Waals surface area contributed by atoms with Gasteiger partial charge in [0.2, 0.25) is 0 Å². The van der Waals surface area contributed by atoms with Crippen molar-refractivity contribution in [3.05, 3.63) is 61.3 Å². The molecule has 0 bridgehead atoms. The van der Waals surface area contributed by atoms with Crippen LogP contribution in [0.4, 0.5) is 10.9 Å². The van der Waals surface area contributed by atoms with Gasteiger partial charge in [0.1, 0.15) is 27.2 Å². The summed E-state index contributed by atoms with van der Waals surface area (Å²) >= 11 is 3.03. The number of aromatic nitrogens is 6. The second-order valence-corrected chi connectivity index (χ2v) is 7.57. The zero-order valence-corrected chi connectivity index (χ0v) is 15.4. The molecule has 27 heavy (non-hydrogen) atoms. The normalized spacial score (nSPS) is 11.1. The maximum Gasteiger partial charge on any atom is 0.191 e. The summed E-state index contributed by atoms with van der Waals surface area (Å²) in [6.45, 7) is 0. The van der Waals surface area contributed by atoms with Crippen LogP contribution in [0.3, 0.4) is 0 Å². The quantitative estimate of drug-likeness (QED) is 0.486. The smallest absolute Gasteiger partial charge is 0.191 e. The molecule has 0 saturated heterocycles. The van der Waals surface area contributed by atoms with Crippen molar-refractivity contribution in [3.8, 4) is 0 Å². The van der Waals surface area contributed by atoms with E-state index in [0.717, 1.165) is 25.8 Å². The van der Waals surface area contributed by atoms with E-state index in [1.807, 2.05) is 42.6 Å². The summed E-state index contributed by atoms with van der Waals surface area (Å²) in [5, 5.41) is 4.87. The van der Waals surface area contributed by atoms with E-state index in [1.54, 1.807) is 24.2 Å². The molecule has 0 aliphatic heterocycles. The van der Waals surface area contributed by atoms with Crippen LogP contribution in [-0.2, 0) is 0 Å². The molecule has 0 saturated carbocycles. The third-order valence-corrected chi connectivity index (χ3v) is 5.51. The van der Waals surface area contributed by atoms with Gasteiger partial charge in [0, 0.05) is 23.5 Å². The maximum atomic E-state index is 4.64. The molecule has 5 aromatic heterocycles. The van der Waals surface area contributed by atoms with Crippen molar-refractivity contribution >= 4 is 55.4 Å². The molecule has 7 nitrogen and oxygen atoms in total. The third-order valence-electron chi connectivity index (χ3n) is 3.70. The predicted molar refractivity (Wildman–Crippen MR) is 106 cm³/mol. The highest BCUT2D eigenvalue weighted by atomic mass is 32.2. The Hall–Kier alpha value is -3.17. The number of thiazole rings is 1. The van der Waals surface area contributed by atoms with Crippen LogP contribution in [0.2, 0.25) is 0 Å². The first-order chi connectivity index (χ1) is 13.3. The van der Waals surface area contributed by atoms with Crippen molar-refractivity contribution in [2.24, 2.45) is 0 Å². The van der Waals surface area contributed by atoms with Gasteiger partial charge in [0.25, 0.3) is 0 Å². The minimum atomic E-state index is 0.628. The lowest BCUT2D eigenvalue weighted by atomic mass is 10.3. The highest BCUT2D eigenvalue weighted by molar-refractivity contribution is 7.99. The Balaban J connectivity index is 1.46. The molecule has 0 unspecified atom stereocenters. The molecule has 1 N–H and O–H groups in total. The number of fused-ring (bicyclic) bond motifs is 2. The zero-order chi connectivity index (χ0) is 18.1. The van der Waals surface area contributed by atoms with E-state index in [-0.39, 0.29) is 0 Å². The molecule has 0 amide bonds. The number of nitrogens with zero attached hydrogens (tertiary/aromatic N) is 6. The van der Waals surface area contributed by atoms with Crippen molar-refractivity contribution in [2.75, 3.05) is 5.32 Å². The molecule has 0 radical (unpaired) electrons. The van der Waals surface area contributed by atoms with E-state index in [4.69, 9.17) is 0 Å². The Morgan fingerprint density at radius 2 is 1.85 bits per heavy atom. The Morgan fingerprint density at radius 3 is 2.78 bits per heavy atom. The lowest BCUT2D eigenvalue weighted by Gasteiger charge is -2.03. The van der Waals surface area contributed by atoms with E-state index in [9.17, 15) is 0 Å². The minimum Gasteiger partial charge on any atom is -0.314 e. The summed E-state index contributed by atoms with van der Waals surface area (Å²) in [6.07, 6.45) is 6.85. The summed E-state index contributed by atoms with van der Waals surface area (Å²) < 4.78 is 0. The average molecular weight is 389 g/mol. The number of hydrogen-bond donors (Lipinski definition) is 1. The summed E-state index contributed by atoms with van der Waals surface area (Å²) in [5.41, 5.74) is 2.32. The lowest BCUT2D eigenvalue weighted by Crippen LogP contribution is -1.96. The summed E-state index contributed by atoms with van der Waals surface area (Å²) in [5.74, 6) is 0.628. The first kappa shape index (κ1) is 16.0. The Bertz CT molecular complexity index is 1240. The molecule has 9 heteroatoms. The van der Waals surface area contributed by atoms with Gasteiger partial charge in [-0.1, -0.05) is 29.2 Å². The molecular weight excluding hydrogens is 378 g/mol. The predicted octanol–water partition coefficient (Wildman–Crippen LogP) is 4.32. The molecule has 0 aliphatic rings. The fraction of sp³-hybridized carbons (Fsp3) is 0. The van der Waals surface area contributed by atoms with Gasteiger partial charge in [-0.2, -0.15) is 0 Å². The van der Waals surface area contributed by atoms with Gasteiger partial charge in [-0.15, -0.1) is 0 Å². The van der Waals surface area contributed by atoms with Crippen LogP contribution in [0.5, 0.6) is 0 Å². The molecule has 0 atom stereocenters. The van der Waals surface area contributed by atoms with Gasteiger partial charge >= 0.3 is 0 Å². The second kappa shape index (κ2) is 6.86. The summed E-state index contributed by atoms with van der Waals surface area (Å²) in [7, 11) is 0. The Kier molecular flexibility index (Phi) is 4.07. The molecule has 0 spiro atoms. The molecule has 0 fully saturated rings. The topological polar surface area (TPSA) is 89.4 Å². The number of rotatable bonds is 4. The Labute approximate surface area is 162 Å². The fourth-order valence-electron chi connectivity index (χ4n) is 2.53. The highest BCUT2D eigenvalue weighted by Gasteiger charge is 2.10. The SMILES string of the molecule is c1ccc(Sc2cnc3sc(Nc4ncnc5cccnc45)nc3c2)nc1. The van der Waals surface area contributed by atoms with Gasteiger partial charge < -0.3 is 5.32 Å². The monoisotopic (exact) mass is 389 g/mol. The van der Waals surface area contributed by atoms with Crippen molar-refractivity contribution < 1.29 is 0 Å². The van der Waals surface area contributed by atoms with E-state index in [0.29, 0.717) is 16.5 Å². The molecule has 130 valence electrons. The van der Waals surface area contributed by atoms with E-state index >= 15 is 0 Å². The van der Waals surface area contributed by atoms with Gasteiger partial charge in [-0.3, -0.25) is 4.98 Å². The fourth-order valence-corrected chi connectivity index (χ4v) is 4.10. The van der Waals surface area contributed by atoms with E-state index in [1.165, 1.54) is 17.7 Å². The van der Waals surface area contributed by atoms with Gasteiger partial charge in [0.15, 0.2) is 10.9 Å². The maximum absolute atomic E-state index is 4.64. The lowest BCUT2D eigenvalue weighted by molar-refractivity contribution is 1.13. The van der Waals surface area contributed by atoms with Crippen LogP contribution in [0.25, 0.3) is 21.4 Å². The van der Waals surface area contributed by atoms with Crippen LogP contribution in [0.1, 0.15) is 0 Å². The molecule has 5 rings (SSSR count). The van der Waals surface area contributed by atoms with E-state index < -0.39 is 0 Å². The first-order valence-corrected chi connectivity index (χ1v) is 9.67. The van der Waals surface area contributed by atoms with Crippen LogP contribution < -0.4 is 5.32 Å². The van der Waals surface area contributed by atoms with Crippen molar-refractivity contribution in [3.63, 3.8) is 0 Å². The standard InChI is InChI=1S/C18H11N7S2/c1-2-6-19-14(5-1)26-11-8-13-17(21-9-11)27-18(24-13)25-16-15-12(22-10-23-16)4-3-7-20-15/h1-10H,(H,22,23,24,25). The van der Waals surface area contributed by atoms with Crippen molar-refractivity contribution in [1.29, 1.82) is 0 Å². The molecular formula is C18H11N7S2. The third kappa shape index (κ3) is 3.29. The number of anilines is 2. The van der Waals surface area contributed by atoms with Gasteiger partial charge in [-0.25, -0.2) is 24.9 Å². The van der Waals surface area contributed by atoms with Crippen molar-refractivity contribution in [1.82, 2.24) is 29.9 Å². The van der Waals surface area contributed by atoms with Crippen molar-refractivity contribution in [2.45, 2.75) is 9.92 Å². The Morgan fingerprint density at radius 1 is 0.889 bits per heavy atom. The summed E-state index contributed by atoms with van der Waals surface area (Å²) in [6, 6.07) is 11.6. The van der Waals surface area contributed by atoms with E-state index in [2.05, 4.69) is 35.2 Å². The van der Waals surface area contributed by atoms with Gasteiger partial charge in [0.05, 0.1) is 5.52 Å². The second-order valence-electron chi connectivity index (χ2n) is 5.50. The largest absolute Gasteiger partial charge is 0.314 e. The highest BCUT2D eigenvalue weighted by Crippen LogP contribution is 2.32. The minimum absolute atomic E-state index is 0.628. The van der Waals surface area contributed by atoms with Crippen LogP contribution in [-0.4, -0.2) is 29.9 Å². The number of hydrogen-bond acceptors (Lipinski definition) is 9. The number of nitrogens with one attached hydrogen (secondary N) is 1.